The van der Waals surface area contributed by atoms with Crippen LogP contribution in [0.4, 0.5) is 0 Å². The van der Waals surface area contributed by atoms with E-state index in [-0.39, 0.29) is 18.4 Å². The average molecular weight is 238 g/mol. The Bertz CT molecular complexity index is 307. The summed E-state index contributed by atoms with van der Waals surface area (Å²) in [6, 6.07) is 0.342. The fourth-order valence-electron chi connectivity index (χ4n) is 3.26. The van der Waals surface area contributed by atoms with Gasteiger partial charge >= 0.3 is 0 Å². The highest BCUT2D eigenvalue weighted by molar-refractivity contribution is 5.87. The van der Waals surface area contributed by atoms with Gasteiger partial charge in [0.1, 0.15) is 0 Å². The molecular formula is C13H22N2O2. The zero-order valence-electron chi connectivity index (χ0n) is 10.7. The molecule has 2 atom stereocenters. The quantitative estimate of drug-likeness (QED) is 0.745. The van der Waals surface area contributed by atoms with Gasteiger partial charge in [-0.3, -0.25) is 9.59 Å². The zero-order chi connectivity index (χ0) is 12.4. The molecule has 2 aliphatic rings. The van der Waals surface area contributed by atoms with Gasteiger partial charge in [0.15, 0.2) is 0 Å². The van der Waals surface area contributed by atoms with Gasteiger partial charge in [0.05, 0.1) is 6.54 Å². The van der Waals surface area contributed by atoms with Crippen LogP contribution in [0.5, 0.6) is 0 Å². The number of rotatable bonds is 1. The molecule has 2 amide bonds. The van der Waals surface area contributed by atoms with Crippen molar-refractivity contribution in [1.82, 2.24) is 10.2 Å². The van der Waals surface area contributed by atoms with Crippen molar-refractivity contribution in [2.24, 2.45) is 11.8 Å². The molecule has 17 heavy (non-hydrogen) atoms. The highest BCUT2D eigenvalue weighted by Crippen LogP contribution is 2.31. The smallest absolute Gasteiger partial charge is 0.242 e. The molecule has 0 aromatic carbocycles. The van der Waals surface area contributed by atoms with Crippen molar-refractivity contribution < 1.29 is 9.59 Å². The first kappa shape index (κ1) is 12.4. The predicted molar refractivity (Wildman–Crippen MR) is 65.3 cm³/mol. The molecule has 4 heteroatoms. The van der Waals surface area contributed by atoms with E-state index in [4.69, 9.17) is 0 Å². The lowest BCUT2D eigenvalue weighted by atomic mass is 9.79. The predicted octanol–water partition coefficient (Wildman–Crippen LogP) is 1.16. The van der Waals surface area contributed by atoms with Crippen molar-refractivity contribution in [3.05, 3.63) is 0 Å². The molecule has 1 aliphatic carbocycles. The Balaban J connectivity index is 2.04. The molecule has 0 aromatic heterocycles. The highest BCUT2D eigenvalue weighted by Gasteiger charge is 2.32. The molecule has 2 fully saturated rings. The molecular weight excluding hydrogens is 216 g/mol. The van der Waals surface area contributed by atoms with Gasteiger partial charge < -0.3 is 10.2 Å². The molecule has 1 heterocycles. The number of nitrogens with zero attached hydrogens (tertiary/aromatic N) is 1. The molecule has 1 saturated heterocycles. The molecule has 1 saturated carbocycles. The molecule has 0 aromatic rings. The number of carbonyl (C=O) groups excluding carboxylic acids is 2. The fraction of sp³-hybridized carbons (Fsp3) is 0.846. The van der Waals surface area contributed by atoms with Crippen LogP contribution >= 0.6 is 0 Å². The molecule has 1 aliphatic heterocycles. The van der Waals surface area contributed by atoms with Gasteiger partial charge in [-0.2, -0.15) is 0 Å². The molecule has 96 valence electrons. The van der Waals surface area contributed by atoms with E-state index in [0.29, 0.717) is 30.8 Å². The summed E-state index contributed by atoms with van der Waals surface area (Å²) < 4.78 is 0. The van der Waals surface area contributed by atoms with E-state index >= 15 is 0 Å². The van der Waals surface area contributed by atoms with Gasteiger partial charge in [0.2, 0.25) is 11.8 Å². The minimum absolute atomic E-state index is 0.00208. The second-order valence-electron chi connectivity index (χ2n) is 5.69. The van der Waals surface area contributed by atoms with Crippen molar-refractivity contribution >= 4 is 11.8 Å². The summed E-state index contributed by atoms with van der Waals surface area (Å²) in [6.45, 7) is 5.29. The van der Waals surface area contributed by atoms with E-state index < -0.39 is 0 Å². The lowest BCUT2D eigenvalue weighted by Gasteiger charge is -2.38. The van der Waals surface area contributed by atoms with Crippen molar-refractivity contribution in [2.75, 3.05) is 13.1 Å². The summed E-state index contributed by atoms with van der Waals surface area (Å²) in [7, 11) is 0. The number of hydrogen-bond donors (Lipinski definition) is 1. The lowest BCUT2D eigenvalue weighted by molar-refractivity contribution is -0.133. The third kappa shape index (κ3) is 2.99. The summed E-state index contributed by atoms with van der Waals surface area (Å²) in [6.07, 6.45) is 3.88. The first-order valence-corrected chi connectivity index (χ1v) is 6.62. The minimum Gasteiger partial charge on any atom is -0.347 e. The Morgan fingerprint density at radius 1 is 1.12 bits per heavy atom. The Kier molecular flexibility index (Phi) is 3.69. The summed E-state index contributed by atoms with van der Waals surface area (Å²) in [4.78, 5) is 25.2. The summed E-state index contributed by atoms with van der Waals surface area (Å²) in [5.74, 6) is 1.45. The number of hydrogen-bond acceptors (Lipinski definition) is 2. The van der Waals surface area contributed by atoms with Crippen molar-refractivity contribution in [3.63, 3.8) is 0 Å². The standard InChI is InChI=1S/C13H22N2O2/c1-9-5-10(2)7-11(6-9)15-4-3-12(16)14-8-13(15)17/h9-11H,3-8H2,1-2H3,(H,14,16). The maximum atomic E-state index is 12.0. The van der Waals surface area contributed by atoms with Crippen LogP contribution in [0.25, 0.3) is 0 Å². The van der Waals surface area contributed by atoms with E-state index in [1.807, 2.05) is 4.90 Å². The van der Waals surface area contributed by atoms with Gasteiger partial charge in [-0.25, -0.2) is 0 Å². The van der Waals surface area contributed by atoms with Crippen molar-refractivity contribution in [2.45, 2.75) is 45.6 Å². The SMILES string of the molecule is CC1CC(C)CC(N2CCC(=O)NCC2=O)C1. The van der Waals surface area contributed by atoms with E-state index in [1.165, 1.54) is 6.42 Å². The van der Waals surface area contributed by atoms with E-state index in [0.717, 1.165) is 12.8 Å². The van der Waals surface area contributed by atoms with Crippen LogP contribution in [-0.2, 0) is 9.59 Å². The first-order chi connectivity index (χ1) is 8.06. The van der Waals surface area contributed by atoms with Gasteiger partial charge in [-0.1, -0.05) is 13.8 Å². The maximum Gasteiger partial charge on any atom is 0.242 e. The number of carbonyl (C=O) groups is 2. The van der Waals surface area contributed by atoms with Crippen LogP contribution < -0.4 is 5.32 Å². The maximum absolute atomic E-state index is 12.0. The number of nitrogens with one attached hydrogen (secondary N) is 1. The Labute approximate surface area is 103 Å². The minimum atomic E-state index is -0.00208. The lowest BCUT2D eigenvalue weighted by Crippen LogP contribution is -2.45. The Morgan fingerprint density at radius 3 is 2.41 bits per heavy atom. The first-order valence-electron chi connectivity index (χ1n) is 6.62. The van der Waals surface area contributed by atoms with Gasteiger partial charge in [-0.05, 0) is 31.1 Å². The molecule has 1 N–H and O–H groups in total. The monoisotopic (exact) mass is 238 g/mol. The van der Waals surface area contributed by atoms with Crippen LogP contribution in [0, 0.1) is 11.8 Å². The van der Waals surface area contributed by atoms with Gasteiger partial charge in [0.25, 0.3) is 0 Å². The average Bonchev–Trinajstić information content (AvgIpc) is 2.40. The molecule has 2 rings (SSSR count). The Morgan fingerprint density at radius 2 is 1.76 bits per heavy atom. The molecule has 0 radical (unpaired) electrons. The molecule has 0 bridgehead atoms. The highest BCUT2D eigenvalue weighted by atomic mass is 16.2. The van der Waals surface area contributed by atoms with Gasteiger partial charge in [0, 0.05) is 19.0 Å². The Hall–Kier alpha value is -1.06. The second-order valence-corrected chi connectivity index (χ2v) is 5.69. The zero-order valence-corrected chi connectivity index (χ0v) is 10.7. The summed E-state index contributed by atoms with van der Waals surface area (Å²) >= 11 is 0. The van der Waals surface area contributed by atoms with E-state index in [1.54, 1.807) is 0 Å². The van der Waals surface area contributed by atoms with E-state index in [9.17, 15) is 9.59 Å². The topological polar surface area (TPSA) is 49.4 Å². The van der Waals surface area contributed by atoms with Crippen LogP contribution in [-0.4, -0.2) is 35.8 Å². The van der Waals surface area contributed by atoms with Crippen LogP contribution in [0.15, 0.2) is 0 Å². The van der Waals surface area contributed by atoms with Crippen molar-refractivity contribution in [3.8, 4) is 0 Å². The van der Waals surface area contributed by atoms with Crippen LogP contribution in [0.3, 0.4) is 0 Å². The van der Waals surface area contributed by atoms with Gasteiger partial charge in [-0.15, -0.1) is 0 Å². The van der Waals surface area contributed by atoms with Crippen molar-refractivity contribution in [1.29, 1.82) is 0 Å². The normalized spacial score (nSPS) is 35.4. The third-order valence-corrected chi connectivity index (χ3v) is 3.93. The fourth-order valence-corrected chi connectivity index (χ4v) is 3.26. The largest absolute Gasteiger partial charge is 0.347 e. The molecule has 0 spiro atoms. The third-order valence-electron chi connectivity index (χ3n) is 3.93. The van der Waals surface area contributed by atoms with E-state index in [2.05, 4.69) is 19.2 Å². The van der Waals surface area contributed by atoms with Crippen LogP contribution in [0.1, 0.15) is 39.5 Å². The summed E-state index contributed by atoms with van der Waals surface area (Å²) in [5, 5.41) is 2.66. The number of amides is 2. The molecule has 2 unspecified atom stereocenters. The second kappa shape index (κ2) is 5.07. The molecule has 4 nitrogen and oxygen atoms in total. The van der Waals surface area contributed by atoms with Crippen LogP contribution in [0.2, 0.25) is 0 Å². The summed E-state index contributed by atoms with van der Waals surface area (Å²) in [5.41, 5.74) is 0.